The third-order valence-electron chi connectivity index (χ3n) is 4.18. The van der Waals surface area contributed by atoms with E-state index < -0.39 is 28.0 Å². The molecule has 3 atom stereocenters. The zero-order chi connectivity index (χ0) is 20.7. The van der Waals surface area contributed by atoms with Crippen LogP contribution in [0.25, 0.3) is 0 Å². The van der Waals surface area contributed by atoms with Gasteiger partial charge >= 0.3 is 0 Å². The molecule has 0 saturated heterocycles. The fourth-order valence-corrected chi connectivity index (χ4v) is 3.55. The highest BCUT2D eigenvalue weighted by Gasteiger charge is 2.33. The van der Waals surface area contributed by atoms with Crippen molar-refractivity contribution < 1.29 is 18.4 Å². The van der Waals surface area contributed by atoms with Crippen LogP contribution in [-0.4, -0.2) is 22.0 Å². The smallest absolute Gasteiger partial charge is 0.136 e. The molecule has 0 heterocycles. The number of ether oxygens (including phenoxy) is 2. The number of halogens is 1. The van der Waals surface area contributed by atoms with Crippen molar-refractivity contribution in [3.63, 3.8) is 0 Å². The van der Waals surface area contributed by atoms with E-state index in [2.05, 4.69) is 4.72 Å². The van der Waals surface area contributed by atoms with Crippen molar-refractivity contribution >= 4 is 11.4 Å². The van der Waals surface area contributed by atoms with Gasteiger partial charge in [-0.05, 0) is 57.9 Å². The van der Waals surface area contributed by atoms with E-state index in [9.17, 15) is 8.94 Å². The van der Waals surface area contributed by atoms with Crippen LogP contribution < -0.4 is 9.46 Å². The van der Waals surface area contributed by atoms with Gasteiger partial charge in [0, 0.05) is 17.4 Å². The van der Waals surface area contributed by atoms with Crippen molar-refractivity contribution in [2.75, 3.05) is 6.61 Å². The van der Waals surface area contributed by atoms with Gasteiger partial charge in [-0.1, -0.05) is 30.3 Å². The number of benzene rings is 2. The van der Waals surface area contributed by atoms with Crippen molar-refractivity contribution in [2.24, 2.45) is 0 Å². The fourth-order valence-electron chi connectivity index (χ4n) is 2.64. The molecular formula is C22H30FNO3S. The number of hydrogen-bond acceptors (Lipinski definition) is 4. The molecule has 0 aromatic heterocycles. The van der Waals surface area contributed by atoms with Crippen LogP contribution in [0.5, 0.6) is 5.75 Å². The Hall–Kier alpha value is -1.60. The summed E-state index contributed by atoms with van der Waals surface area (Å²) in [7, 11) is 0. The summed E-state index contributed by atoms with van der Waals surface area (Å²) in [4.78, 5) is 0. The first-order valence-corrected chi connectivity index (χ1v) is 10.6. The van der Waals surface area contributed by atoms with Crippen LogP contribution in [0.3, 0.4) is 0 Å². The van der Waals surface area contributed by atoms with Gasteiger partial charge in [-0.3, -0.25) is 0 Å². The Morgan fingerprint density at radius 3 is 2.43 bits per heavy atom. The van der Waals surface area contributed by atoms with Gasteiger partial charge in [0.25, 0.3) is 0 Å². The van der Waals surface area contributed by atoms with Gasteiger partial charge in [-0.2, -0.15) is 0 Å². The van der Waals surface area contributed by atoms with Crippen LogP contribution >= 0.6 is 0 Å². The first kappa shape index (κ1) is 22.7. The largest absolute Gasteiger partial charge is 0.598 e. The highest BCUT2D eigenvalue weighted by atomic mass is 32.2. The molecule has 0 bridgehead atoms. The minimum atomic E-state index is -1.35. The molecule has 28 heavy (non-hydrogen) atoms. The van der Waals surface area contributed by atoms with Crippen molar-refractivity contribution in [1.29, 1.82) is 0 Å². The normalized spacial score (nSPS) is 15.1. The summed E-state index contributed by atoms with van der Waals surface area (Å²) in [5.41, 5.74) is 1.68. The minimum absolute atomic E-state index is 0.345. The molecule has 0 aliphatic carbocycles. The molecule has 0 aliphatic rings. The lowest BCUT2D eigenvalue weighted by molar-refractivity contribution is 0.0316. The first-order chi connectivity index (χ1) is 13.2. The Balaban J connectivity index is 2.25. The maximum atomic E-state index is 14.2. The molecule has 0 radical (unpaired) electrons. The van der Waals surface area contributed by atoms with Crippen LogP contribution in [-0.2, 0) is 22.7 Å². The van der Waals surface area contributed by atoms with E-state index in [1.165, 1.54) is 12.1 Å². The minimum Gasteiger partial charge on any atom is -0.598 e. The highest BCUT2D eigenvalue weighted by Crippen LogP contribution is 2.28. The van der Waals surface area contributed by atoms with Crippen LogP contribution in [0, 0.1) is 5.82 Å². The summed E-state index contributed by atoms with van der Waals surface area (Å²) in [6.07, 6.45) is -0.345. The van der Waals surface area contributed by atoms with E-state index in [0.29, 0.717) is 24.5 Å². The van der Waals surface area contributed by atoms with Crippen molar-refractivity contribution in [1.82, 2.24) is 4.72 Å². The molecule has 0 aliphatic heterocycles. The molecule has 2 aromatic carbocycles. The molecule has 4 nitrogen and oxygen atoms in total. The van der Waals surface area contributed by atoms with Crippen LogP contribution in [0.15, 0.2) is 48.5 Å². The second kappa shape index (κ2) is 10.3. The Morgan fingerprint density at radius 2 is 1.82 bits per heavy atom. The van der Waals surface area contributed by atoms with Gasteiger partial charge in [0.05, 0.1) is 19.3 Å². The second-order valence-corrected chi connectivity index (χ2v) is 9.63. The van der Waals surface area contributed by atoms with E-state index in [4.69, 9.17) is 9.47 Å². The third-order valence-corrected chi connectivity index (χ3v) is 5.76. The lowest BCUT2D eigenvalue weighted by Gasteiger charge is -2.31. The number of hydrogen-bond donors (Lipinski definition) is 1. The van der Waals surface area contributed by atoms with Crippen molar-refractivity contribution in [3.8, 4) is 5.75 Å². The van der Waals surface area contributed by atoms with E-state index in [-0.39, 0.29) is 6.10 Å². The Morgan fingerprint density at radius 1 is 1.14 bits per heavy atom. The molecule has 2 unspecified atom stereocenters. The molecular weight excluding hydrogens is 377 g/mol. The van der Waals surface area contributed by atoms with E-state index in [1.54, 1.807) is 6.07 Å². The van der Waals surface area contributed by atoms with Gasteiger partial charge in [-0.15, -0.1) is 4.72 Å². The topological polar surface area (TPSA) is 53.5 Å². The number of rotatable bonds is 9. The summed E-state index contributed by atoms with van der Waals surface area (Å²) < 4.78 is 41.1. The summed E-state index contributed by atoms with van der Waals surface area (Å²) >= 11 is -1.35. The summed E-state index contributed by atoms with van der Waals surface area (Å²) in [5, 5.41) is 0. The van der Waals surface area contributed by atoms with E-state index in [1.807, 2.05) is 65.0 Å². The quantitative estimate of drug-likeness (QED) is 0.599. The fraction of sp³-hybridized carbons (Fsp3) is 0.455. The van der Waals surface area contributed by atoms with Gasteiger partial charge in [-0.25, -0.2) is 4.39 Å². The average Bonchev–Trinajstić information content (AvgIpc) is 2.63. The predicted octanol–water partition coefficient (Wildman–Crippen LogP) is 4.92. The number of nitrogens with one attached hydrogen (secondary N) is 1. The van der Waals surface area contributed by atoms with Gasteiger partial charge in [0.2, 0.25) is 0 Å². The van der Waals surface area contributed by atoms with Crippen LogP contribution in [0.1, 0.15) is 51.8 Å². The standard InChI is InChI=1S/C22H30FNO3S/c1-6-26-20-13-18(12-19(23)14-20)21(24-28(25)22(3,4)5)16(2)27-15-17-10-8-7-9-11-17/h7-14,16,21,24H,6,15H2,1-5H3/t16?,21?,28-/m0/s1. The predicted molar refractivity (Wildman–Crippen MR) is 112 cm³/mol. The Labute approximate surface area is 170 Å². The SMILES string of the molecule is CCOc1cc(F)cc(C(N[S@@+]([O-])C(C)(C)C)C(C)OCc2ccccc2)c1. The molecule has 0 fully saturated rings. The molecule has 0 saturated carbocycles. The molecule has 0 spiro atoms. The second-order valence-electron chi connectivity index (χ2n) is 7.63. The van der Waals surface area contributed by atoms with Gasteiger partial charge in [0.15, 0.2) is 0 Å². The monoisotopic (exact) mass is 407 g/mol. The molecule has 2 aromatic rings. The summed E-state index contributed by atoms with van der Waals surface area (Å²) in [5.74, 6) is 0.0469. The summed E-state index contributed by atoms with van der Waals surface area (Å²) in [6.45, 7) is 10.3. The van der Waals surface area contributed by atoms with Crippen molar-refractivity contribution in [2.45, 2.75) is 58.1 Å². The summed E-state index contributed by atoms with van der Waals surface area (Å²) in [6, 6.07) is 13.9. The lowest BCUT2D eigenvalue weighted by atomic mass is 10.0. The molecule has 6 heteroatoms. The molecule has 0 amide bonds. The molecule has 1 N–H and O–H groups in total. The highest BCUT2D eigenvalue weighted by molar-refractivity contribution is 7.90. The van der Waals surface area contributed by atoms with Gasteiger partial charge in [0.1, 0.15) is 22.4 Å². The van der Waals surface area contributed by atoms with Gasteiger partial charge < -0.3 is 14.0 Å². The molecule has 154 valence electrons. The van der Waals surface area contributed by atoms with Crippen LogP contribution in [0.4, 0.5) is 4.39 Å². The Kier molecular flexibility index (Phi) is 8.31. The maximum absolute atomic E-state index is 14.2. The third kappa shape index (κ3) is 6.78. The van der Waals surface area contributed by atoms with Crippen molar-refractivity contribution in [3.05, 3.63) is 65.5 Å². The average molecular weight is 408 g/mol. The molecule has 2 rings (SSSR count). The van der Waals surface area contributed by atoms with E-state index >= 15 is 0 Å². The van der Waals surface area contributed by atoms with E-state index in [0.717, 1.165) is 5.56 Å². The Bertz CT molecular complexity index is 736. The zero-order valence-electron chi connectivity index (χ0n) is 17.2. The lowest BCUT2D eigenvalue weighted by Crippen LogP contribution is -2.44. The first-order valence-electron chi connectivity index (χ1n) is 9.47. The zero-order valence-corrected chi connectivity index (χ0v) is 18.0. The van der Waals surface area contributed by atoms with Crippen LogP contribution in [0.2, 0.25) is 0 Å². The maximum Gasteiger partial charge on any atom is 0.136 e.